The molecule has 2 aromatic rings. The Morgan fingerprint density at radius 1 is 1.30 bits per heavy atom. The van der Waals surface area contributed by atoms with Crippen LogP contribution in [0.5, 0.6) is 0 Å². The molecule has 0 aliphatic carbocycles. The SMILES string of the molecule is Cc1nn(C)c(C)c1NC(=O)c1cccc(N(C)C)c1. The first-order valence-electron chi connectivity index (χ1n) is 6.49. The van der Waals surface area contributed by atoms with Crippen molar-refractivity contribution < 1.29 is 4.79 Å². The van der Waals surface area contributed by atoms with E-state index in [0.717, 1.165) is 22.8 Å². The third-order valence-corrected chi connectivity index (χ3v) is 3.37. The number of anilines is 2. The van der Waals surface area contributed by atoms with Crippen LogP contribution in [-0.4, -0.2) is 29.8 Å². The Morgan fingerprint density at radius 3 is 2.55 bits per heavy atom. The second-order valence-corrected chi connectivity index (χ2v) is 5.07. The summed E-state index contributed by atoms with van der Waals surface area (Å²) in [6, 6.07) is 7.53. The molecule has 20 heavy (non-hydrogen) atoms. The molecule has 2 rings (SSSR count). The number of amides is 1. The molecule has 0 radical (unpaired) electrons. The first-order valence-corrected chi connectivity index (χ1v) is 6.49. The fourth-order valence-corrected chi connectivity index (χ4v) is 2.07. The molecule has 1 aromatic heterocycles. The van der Waals surface area contributed by atoms with Crippen LogP contribution in [0.4, 0.5) is 11.4 Å². The lowest BCUT2D eigenvalue weighted by Gasteiger charge is -2.13. The fourth-order valence-electron chi connectivity index (χ4n) is 2.07. The molecule has 0 bridgehead atoms. The van der Waals surface area contributed by atoms with Crippen molar-refractivity contribution in [1.82, 2.24) is 9.78 Å². The summed E-state index contributed by atoms with van der Waals surface area (Å²) in [5, 5.41) is 7.24. The predicted molar refractivity (Wildman–Crippen MR) is 81.4 cm³/mol. The minimum atomic E-state index is -0.118. The summed E-state index contributed by atoms with van der Waals surface area (Å²) in [5.41, 5.74) is 4.19. The van der Waals surface area contributed by atoms with Crippen molar-refractivity contribution in [2.75, 3.05) is 24.3 Å². The number of hydrogen-bond donors (Lipinski definition) is 1. The predicted octanol–water partition coefficient (Wildman–Crippen LogP) is 2.36. The van der Waals surface area contributed by atoms with Crippen molar-refractivity contribution >= 4 is 17.3 Å². The lowest BCUT2D eigenvalue weighted by molar-refractivity contribution is 0.102. The molecule has 0 aliphatic heterocycles. The highest BCUT2D eigenvalue weighted by atomic mass is 16.1. The van der Waals surface area contributed by atoms with Crippen molar-refractivity contribution in [3.05, 3.63) is 41.2 Å². The molecule has 0 atom stereocenters. The number of aromatic nitrogens is 2. The van der Waals surface area contributed by atoms with E-state index >= 15 is 0 Å². The second kappa shape index (κ2) is 5.36. The van der Waals surface area contributed by atoms with E-state index in [0.29, 0.717) is 5.56 Å². The molecule has 0 spiro atoms. The van der Waals surface area contributed by atoms with Gasteiger partial charge >= 0.3 is 0 Å². The molecule has 0 aliphatic rings. The van der Waals surface area contributed by atoms with E-state index in [1.54, 1.807) is 4.68 Å². The Morgan fingerprint density at radius 2 is 2.00 bits per heavy atom. The highest BCUT2D eigenvalue weighted by Crippen LogP contribution is 2.20. The summed E-state index contributed by atoms with van der Waals surface area (Å²) in [5.74, 6) is -0.118. The number of benzene rings is 1. The normalized spacial score (nSPS) is 10.4. The van der Waals surface area contributed by atoms with Gasteiger partial charge in [-0.3, -0.25) is 9.48 Å². The van der Waals surface area contributed by atoms with Crippen molar-refractivity contribution in [3.8, 4) is 0 Å². The number of rotatable bonds is 3. The standard InChI is InChI=1S/C15H20N4O/c1-10-14(11(2)19(5)17-10)16-15(20)12-7-6-8-13(9-12)18(3)4/h6-9H,1-5H3,(H,16,20). The van der Waals surface area contributed by atoms with E-state index in [1.165, 1.54) is 0 Å². The van der Waals surface area contributed by atoms with E-state index in [2.05, 4.69) is 10.4 Å². The van der Waals surface area contributed by atoms with Crippen LogP contribution in [0.15, 0.2) is 24.3 Å². The van der Waals surface area contributed by atoms with Crippen molar-refractivity contribution in [2.24, 2.45) is 7.05 Å². The molecule has 5 nitrogen and oxygen atoms in total. The van der Waals surface area contributed by atoms with Crippen molar-refractivity contribution in [1.29, 1.82) is 0 Å². The fraction of sp³-hybridized carbons (Fsp3) is 0.333. The molecule has 1 N–H and O–H groups in total. The molecule has 0 saturated carbocycles. The van der Waals surface area contributed by atoms with E-state index in [9.17, 15) is 4.79 Å². The molecule has 1 amide bonds. The number of nitrogens with zero attached hydrogens (tertiary/aromatic N) is 3. The van der Waals surface area contributed by atoms with Crippen LogP contribution in [0.25, 0.3) is 0 Å². The lowest BCUT2D eigenvalue weighted by atomic mass is 10.1. The van der Waals surface area contributed by atoms with Crippen molar-refractivity contribution in [2.45, 2.75) is 13.8 Å². The third-order valence-electron chi connectivity index (χ3n) is 3.37. The molecule has 0 saturated heterocycles. The second-order valence-electron chi connectivity index (χ2n) is 5.07. The van der Waals surface area contributed by atoms with Gasteiger partial charge in [-0.25, -0.2) is 0 Å². The molecule has 0 unspecified atom stereocenters. The summed E-state index contributed by atoms with van der Waals surface area (Å²) in [6.07, 6.45) is 0. The molecule has 1 aromatic carbocycles. The Balaban J connectivity index is 2.26. The van der Waals surface area contributed by atoms with Gasteiger partial charge in [-0.2, -0.15) is 5.10 Å². The van der Waals surface area contributed by atoms with Crippen LogP contribution >= 0.6 is 0 Å². The maximum absolute atomic E-state index is 12.3. The summed E-state index contributed by atoms with van der Waals surface area (Å²) in [6.45, 7) is 3.82. The first kappa shape index (κ1) is 14.1. The van der Waals surface area contributed by atoms with Gasteiger partial charge < -0.3 is 10.2 Å². The van der Waals surface area contributed by atoms with Gasteiger partial charge in [0.1, 0.15) is 0 Å². The third kappa shape index (κ3) is 2.66. The average molecular weight is 272 g/mol. The zero-order chi connectivity index (χ0) is 14.9. The maximum Gasteiger partial charge on any atom is 0.255 e. The molecular weight excluding hydrogens is 252 g/mol. The van der Waals surface area contributed by atoms with Gasteiger partial charge in [-0.1, -0.05) is 6.07 Å². The monoisotopic (exact) mass is 272 g/mol. The van der Waals surface area contributed by atoms with Crippen molar-refractivity contribution in [3.63, 3.8) is 0 Å². The van der Waals surface area contributed by atoms with Gasteiger partial charge in [0.2, 0.25) is 0 Å². The Bertz CT molecular complexity index is 643. The van der Waals surface area contributed by atoms with E-state index in [1.807, 2.05) is 64.2 Å². The van der Waals surface area contributed by atoms with E-state index < -0.39 is 0 Å². The zero-order valence-electron chi connectivity index (χ0n) is 12.6. The van der Waals surface area contributed by atoms with Crippen LogP contribution in [0.1, 0.15) is 21.7 Å². The van der Waals surface area contributed by atoms with Crippen LogP contribution in [0.3, 0.4) is 0 Å². The maximum atomic E-state index is 12.3. The summed E-state index contributed by atoms with van der Waals surface area (Å²) in [4.78, 5) is 14.3. The number of nitrogens with one attached hydrogen (secondary N) is 1. The number of aryl methyl sites for hydroxylation is 2. The summed E-state index contributed by atoms with van der Waals surface area (Å²) in [7, 11) is 5.77. The van der Waals surface area contributed by atoms with Crippen LogP contribution < -0.4 is 10.2 Å². The van der Waals surface area contributed by atoms with E-state index in [-0.39, 0.29) is 5.91 Å². The Hall–Kier alpha value is -2.30. The number of carbonyl (C=O) groups excluding carboxylic acids is 1. The van der Waals surface area contributed by atoms with Gasteiger partial charge in [0, 0.05) is 32.4 Å². The number of hydrogen-bond acceptors (Lipinski definition) is 3. The molecule has 106 valence electrons. The molecular formula is C15H20N4O. The highest BCUT2D eigenvalue weighted by Gasteiger charge is 2.14. The van der Waals surface area contributed by atoms with Gasteiger partial charge in [0.15, 0.2) is 0 Å². The topological polar surface area (TPSA) is 50.2 Å². The van der Waals surface area contributed by atoms with Gasteiger partial charge in [-0.15, -0.1) is 0 Å². The minimum Gasteiger partial charge on any atom is -0.378 e. The number of carbonyl (C=O) groups is 1. The van der Waals surface area contributed by atoms with Gasteiger partial charge in [0.05, 0.1) is 17.1 Å². The quantitative estimate of drug-likeness (QED) is 0.933. The molecule has 5 heteroatoms. The first-order chi connectivity index (χ1) is 9.40. The van der Waals surface area contributed by atoms with Crippen LogP contribution in [0, 0.1) is 13.8 Å². The molecule has 0 fully saturated rings. The van der Waals surface area contributed by atoms with Gasteiger partial charge in [0.25, 0.3) is 5.91 Å². The largest absolute Gasteiger partial charge is 0.378 e. The molecule has 1 heterocycles. The van der Waals surface area contributed by atoms with E-state index in [4.69, 9.17) is 0 Å². The Labute approximate surface area is 119 Å². The smallest absolute Gasteiger partial charge is 0.255 e. The zero-order valence-corrected chi connectivity index (χ0v) is 12.6. The van der Waals surface area contributed by atoms with Crippen LogP contribution in [0.2, 0.25) is 0 Å². The minimum absolute atomic E-state index is 0.118. The Kier molecular flexibility index (Phi) is 3.79. The average Bonchev–Trinajstić information content (AvgIpc) is 2.65. The van der Waals surface area contributed by atoms with Crippen LogP contribution in [-0.2, 0) is 7.05 Å². The lowest BCUT2D eigenvalue weighted by Crippen LogP contribution is -2.15. The summed E-state index contributed by atoms with van der Waals surface area (Å²) >= 11 is 0. The van der Waals surface area contributed by atoms with Gasteiger partial charge in [-0.05, 0) is 32.0 Å². The highest BCUT2D eigenvalue weighted by molar-refractivity contribution is 6.05. The summed E-state index contributed by atoms with van der Waals surface area (Å²) < 4.78 is 1.77.